The zero-order valence-electron chi connectivity index (χ0n) is 16.1. The minimum absolute atomic E-state index is 0.0581. The van der Waals surface area contributed by atoms with E-state index in [-0.39, 0.29) is 29.3 Å². The number of fused-ring (bicyclic) bond motifs is 2. The van der Waals surface area contributed by atoms with Crippen molar-refractivity contribution in [3.63, 3.8) is 0 Å². The Kier molecular flexibility index (Phi) is 4.89. The summed E-state index contributed by atoms with van der Waals surface area (Å²) in [5.41, 5.74) is 4.87. The van der Waals surface area contributed by atoms with Crippen LogP contribution in [0.5, 0.6) is 0 Å². The fraction of sp³-hybridized carbons (Fsp3) is 0.350. The van der Waals surface area contributed by atoms with Crippen molar-refractivity contribution in [3.05, 3.63) is 52.6 Å². The highest BCUT2D eigenvalue weighted by Crippen LogP contribution is 2.52. The van der Waals surface area contributed by atoms with E-state index in [1.807, 2.05) is 0 Å². The summed E-state index contributed by atoms with van der Waals surface area (Å²) in [5, 5.41) is 2.92. The topological polar surface area (TPSA) is 117 Å². The van der Waals surface area contributed by atoms with Gasteiger partial charge in [0.2, 0.25) is 0 Å². The maximum Gasteiger partial charge on any atom is 0.339 e. The predicted molar refractivity (Wildman–Crippen MR) is 99.6 cm³/mol. The molecule has 0 saturated heterocycles. The van der Waals surface area contributed by atoms with Crippen molar-refractivity contribution < 1.29 is 28.6 Å². The molecule has 0 amide bonds. The highest BCUT2D eigenvalue weighted by atomic mass is 16.6. The van der Waals surface area contributed by atoms with Crippen LogP contribution in [-0.4, -0.2) is 30.6 Å². The molecule has 1 spiro atoms. The second kappa shape index (κ2) is 7.03. The number of ether oxygens (including phenoxy) is 3. The standard InChI is InChI=1S/C20H22N2O6/c1-5-26-17(23)14-11(4)28-19(25)20(14)12-8-6-7-9-13(12)22-16(21)15(20)18(24)27-10(2)3/h6-10,22H,5,21H2,1-4H3. The molecule has 0 aliphatic carbocycles. The molecule has 3 N–H and O–H groups in total. The summed E-state index contributed by atoms with van der Waals surface area (Å²) in [6.07, 6.45) is -0.462. The number of esters is 3. The van der Waals surface area contributed by atoms with E-state index < -0.39 is 29.4 Å². The molecule has 28 heavy (non-hydrogen) atoms. The first-order chi connectivity index (χ1) is 13.2. The van der Waals surface area contributed by atoms with E-state index in [1.54, 1.807) is 45.0 Å². The minimum Gasteiger partial charge on any atom is -0.462 e. The van der Waals surface area contributed by atoms with E-state index >= 15 is 0 Å². The Bertz CT molecular complexity index is 930. The molecule has 0 fully saturated rings. The second-order valence-electron chi connectivity index (χ2n) is 6.70. The summed E-state index contributed by atoms with van der Waals surface area (Å²) in [4.78, 5) is 39.0. The molecule has 1 aromatic rings. The summed E-state index contributed by atoms with van der Waals surface area (Å²) < 4.78 is 15.8. The lowest BCUT2D eigenvalue weighted by molar-refractivity contribution is -0.149. The molecular formula is C20H22N2O6. The predicted octanol–water partition coefficient (Wildman–Crippen LogP) is 1.87. The number of carbonyl (C=O) groups excluding carboxylic acids is 3. The van der Waals surface area contributed by atoms with Crippen LogP contribution in [0.15, 0.2) is 47.0 Å². The molecule has 0 bridgehead atoms. The Morgan fingerprint density at radius 3 is 2.54 bits per heavy atom. The largest absolute Gasteiger partial charge is 0.462 e. The van der Waals surface area contributed by atoms with Gasteiger partial charge in [0.25, 0.3) is 0 Å². The average molecular weight is 386 g/mol. The van der Waals surface area contributed by atoms with Gasteiger partial charge >= 0.3 is 17.9 Å². The van der Waals surface area contributed by atoms with E-state index in [2.05, 4.69) is 5.32 Å². The maximum atomic E-state index is 13.2. The lowest BCUT2D eigenvalue weighted by Crippen LogP contribution is -2.48. The van der Waals surface area contributed by atoms with E-state index in [9.17, 15) is 14.4 Å². The Morgan fingerprint density at radius 1 is 1.21 bits per heavy atom. The third kappa shape index (κ3) is 2.72. The van der Waals surface area contributed by atoms with Crippen LogP contribution >= 0.6 is 0 Å². The number of anilines is 1. The molecule has 1 aromatic carbocycles. The Hall–Kier alpha value is -3.29. The van der Waals surface area contributed by atoms with Crippen LogP contribution in [-0.2, 0) is 34.0 Å². The van der Waals surface area contributed by atoms with Gasteiger partial charge in [-0.3, -0.25) is 0 Å². The molecule has 3 rings (SSSR count). The number of para-hydroxylation sites is 1. The lowest BCUT2D eigenvalue weighted by atomic mass is 9.67. The molecule has 1 atom stereocenters. The van der Waals surface area contributed by atoms with Crippen LogP contribution in [0.1, 0.15) is 33.3 Å². The van der Waals surface area contributed by atoms with E-state index in [0.29, 0.717) is 11.3 Å². The third-order valence-corrected chi connectivity index (χ3v) is 4.55. The number of nitrogens with two attached hydrogens (primary N) is 1. The lowest BCUT2D eigenvalue weighted by Gasteiger charge is -2.36. The number of cyclic esters (lactones) is 1. The zero-order valence-corrected chi connectivity index (χ0v) is 16.1. The van der Waals surface area contributed by atoms with Crippen LogP contribution in [0, 0.1) is 0 Å². The monoisotopic (exact) mass is 386 g/mol. The van der Waals surface area contributed by atoms with Gasteiger partial charge in [-0.05, 0) is 33.8 Å². The summed E-state index contributed by atoms with van der Waals surface area (Å²) in [7, 11) is 0. The van der Waals surface area contributed by atoms with Crippen molar-refractivity contribution >= 4 is 23.6 Å². The molecule has 0 radical (unpaired) electrons. The highest BCUT2D eigenvalue weighted by Gasteiger charge is 2.62. The van der Waals surface area contributed by atoms with Gasteiger partial charge in [0.1, 0.15) is 22.7 Å². The van der Waals surface area contributed by atoms with Crippen LogP contribution in [0.4, 0.5) is 5.69 Å². The first kappa shape index (κ1) is 19.5. The van der Waals surface area contributed by atoms with Gasteiger partial charge < -0.3 is 25.3 Å². The van der Waals surface area contributed by atoms with Gasteiger partial charge in [-0.2, -0.15) is 0 Å². The number of rotatable bonds is 4. The summed E-state index contributed by atoms with van der Waals surface area (Å²) >= 11 is 0. The van der Waals surface area contributed by atoms with Crippen molar-refractivity contribution in [2.45, 2.75) is 39.2 Å². The molecule has 1 unspecified atom stereocenters. The first-order valence-corrected chi connectivity index (χ1v) is 8.93. The van der Waals surface area contributed by atoms with Crippen molar-refractivity contribution in [1.82, 2.24) is 0 Å². The molecule has 0 aromatic heterocycles. The number of nitrogens with one attached hydrogen (secondary N) is 1. The van der Waals surface area contributed by atoms with Gasteiger partial charge in [-0.1, -0.05) is 18.2 Å². The molecular weight excluding hydrogens is 364 g/mol. The zero-order chi connectivity index (χ0) is 20.6. The number of benzene rings is 1. The molecule has 148 valence electrons. The molecule has 2 heterocycles. The fourth-order valence-electron chi connectivity index (χ4n) is 3.60. The van der Waals surface area contributed by atoms with Crippen molar-refractivity contribution in [2.75, 3.05) is 11.9 Å². The van der Waals surface area contributed by atoms with Gasteiger partial charge in [-0.25, -0.2) is 14.4 Å². The summed E-state index contributed by atoms with van der Waals surface area (Å²) in [6, 6.07) is 6.76. The first-order valence-electron chi connectivity index (χ1n) is 8.93. The number of hydrogen-bond donors (Lipinski definition) is 2. The molecule has 2 aliphatic heterocycles. The highest BCUT2D eigenvalue weighted by molar-refractivity contribution is 6.15. The van der Waals surface area contributed by atoms with E-state index in [1.165, 1.54) is 6.92 Å². The van der Waals surface area contributed by atoms with Gasteiger partial charge in [0.15, 0.2) is 5.41 Å². The Labute approximate surface area is 162 Å². The average Bonchev–Trinajstić information content (AvgIpc) is 2.85. The van der Waals surface area contributed by atoms with Crippen LogP contribution in [0.25, 0.3) is 0 Å². The second-order valence-corrected chi connectivity index (χ2v) is 6.70. The molecule has 2 aliphatic rings. The molecule has 0 saturated carbocycles. The Balaban J connectivity index is 2.35. The summed E-state index contributed by atoms with van der Waals surface area (Å²) in [6.45, 7) is 6.56. The van der Waals surface area contributed by atoms with Crippen molar-refractivity contribution in [3.8, 4) is 0 Å². The van der Waals surface area contributed by atoms with Gasteiger partial charge in [0, 0.05) is 11.3 Å². The minimum atomic E-state index is -1.87. The SMILES string of the molecule is CCOC(=O)C1=C(C)OC(=O)C12C(C(=O)OC(C)C)=C(N)Nc1ccccc12. The van der Waals surface area contributed by atoms with E-state index in [4.69, 9.17) is 19.9 Å². The number of carbonyl (C=O) groups is 3. The van der Waals surface area contributed by atoms with Crippen LogP contribution < -0.4 is 11.1 Å². The van der Waals surface area contributed by atoms with Gasteiger partial charge in [0.05, 0.1) is 12.7 Å². The van der Waals surface area contributed by atoms with Crippen LogP contribution in [0.2, 0.25) is 0 Å². The quantitative estimate of drug-likeness (QED) is 0.595. The fourth-order valence-corrected chi connectivity index (χ4v) is 3.60. The number of allylic oxidation sites excluding steroid dienone is 1. The molecule has 8 nitrogen and oxygen atoms in total. The van der Waals surface area contributed by atoms with E-state index in [0.717, 1.165) is 0 Å². The van der Waals surface area contributed by atoms with Crippen LogP contribution in [0.3, 0.4) is 0 Å². The normalized spacial score (nSPS) is 20.8. The third-order valence-electron chi connectivity index (χ3n) is 4.55. The smallest absolute Gasteiger partial charge is 0.339 e. The maximum absolute atomic E-state index is 13.2. The van der Waals surface area contributed by atoms with Crippen molar-refractivity contribution in [2.24, 2.45) is 5.73 Å². The van der Waals surface area contributed by atoms with Gasteiger partial charge in [-0.15, -0.1) is 0 Å². The molecule has 8 heteroatoms. The van der Waals surface area contributed by atoms with Crippen molar-refractivity contribution in [1.29, 1.82) is 0 Å². The number of hydrogen-bond acceptors (Lipinski definition) is 8. The Morgan fingerprint density at radius 2 is 1.89 bits per heavy atom. The summed E-state index contributed by atoms with van der Waals surface area (Å²) in [5.74, 6) is -2.41.